The summed E-state index contributed by atoms with van der Waals surface area (Å²) in [5.74, 6) is -0.925. The number of methoxy groups -OCH3 is 1. The van der Waals surface area contributed by atoms with E-state index in [1.807, 2.05) is 11.8 Å². The molecule has 39 heavy (non-hydrogen) atoms. The van der Waals surface area contributed by atoms with Crippen LogP contribution in [0.3, 0.4) is 0 Å². The molecule has 1 aromatic carbocycles. The van der Waals surface area contributed by atoms with Crippen molar-refractivity contribution in [1.29, 1.82) is 0 Å². The van der Waals surface area contributed by atoms with Crippen molar-refractivity contribution in [3.8, 4) is 23.0 Å². The van der Waals surface area contributed by atoms with Gasteiger partial charge in [0.1, 0.15) is 29.7 Å². The highest BCUT2D eigenvalue weighted by molar-refractivity contribution is 5.90. The number of ether oxygens (including phenoxy) is 2. The Bertz CT molecular complexity index is 1400. The van der Waals surface area contributed by atoms with E-state index in [0.717, 1.165) is 19.4 Å². The van der Waals surface area contributed by atoms with Crippen LogP contribution in [0, 0.1) is 11.6 Å². The van der Waals surface area contributed by atoms with Gasteiger partial charge in [-0.1, -0.05) is 12.6 Å². The highest BCUT2D eigenvalue weighted by Crippen LogP contribution is 2.36. The normalized spacial score (nSPS) is 19.9. The maximum absolute atomic E-state index is 15.6. The average molecular weight is 539 g/mol. The van der Waals surface area contributed by atoms with Gasteiger partial charge in [0.05, 0.1) is 18.1 Å². The first-order chi connectivity index (χ1) is 18.8. The zero-order chi connectivity index (χ0) is 27.7. The Balaban J connectivity index is 1.59. The largest absolute Gasteiger partial charge is 0.496 e. The van der Waals surface area contributed by atoms with Crippen molar-refractivity contribution in [3.05, 3.63) is 48.6 Å². The number of likely N-dealkylation sites (N-methyl/N-ethyl adjacent to an activating group) is 1. The molecule has 0 radical (unpaired) electrons. The summed E-state index contributed by atoms with van der Waals surface area (Å²) in [4.78, 5) is 31.8. The molecule has 0 N–H and O–H groups in total. The maximum atomic E-state index is 15.6. The third kappa shape index (κ3) is 5.23. The predicted molar refractivity (Wildman–Crippen MR) is 144 cm³/mol. The van der Waals surface area contributed by atoms with Crippen molar-refractivity contribution in [2.75, 3.05) is 51.8 Å². The van der Waals surface area contributed by atoms with Crippen LogP contribution in [0.2, 0.25) is 0 Å². The fourth-order valence-electron chi connectivity index (χ4n) is 5.32. The van der Waals surface area contributed by atoms with Crippen molar-refractivity contribution in [2.24, 2.45) is 0 Å². The number of rotatable bonds is 7. The Morgan fingerprint density at radius 3 is 2.69 bits per heavy atom. The van der Waals surface area contributed by atoms with Gasteiger partial charge in [-0.25, -0.2) is 13.8 Å². The van der Waals surface area contributed by atoms with E-state index in [0.29, 0.717) is 37.4 Å². The van der Waals surface area contributed by atoms with Crippen molar-refractivity contribution >= 4 is 22.8 Å². The summed E-state index contributed by atoms with van der Waals surface area (Å²) in [6.07, 6.45) is 3.40. The number of carbonyl (C=O) groups excluding carboxylic acids is 1. The van der Waals surface area contributed by atoms with Crippen LogP contribution in [0.5, 0.6) is 11.8 Å². The van der Waals surface area contributed by atoms with E-state index in [1.54, 1.807) is 11.0 Å². The van der Waals surface area contributed by atoms with Gasteiger partial charge in [-0.15, -0.1) is 0 Å². The number of carbonyl (C=O) groups is 1. The lowest BCUT2D eigenvalue weighted by molar-refractivity contribution is -0.126. The fourth-order valence-corrected chi connectivity index (χ4v) is 5.32. The number of benzene rings is 1. The minimum absolute atomic E-state index is 0.0838. The summed E-state index contributed by atoms with van der Waals surface area (Å²) in [5.41, 5.74) is -0.120. The summed E-state index contributed by atoms with van der Waals surface area (Å²) in [6, 6.07) is 5.76. The molecule has 2 saturated heterocycles. The monoisotopic (exact) mass is 538 g/mol. The molecular formula is C28H32F2N6O3. The molecule has 0 spiro atoms. The minimum Gasteiger partial charge on any atom is -0.496 e. The number of piperazine rings is 1. The van der Waals surface area contributed by atoms with Gasteiger partial charge in [0.25, 0.3) is 0 Å². The van der Waals surface area contributed by atoms with E-state index >= 15 is 4.39 Å². The Kier molecular flexibility index (Phi) is 7.60. The number of likely N-dealkylation sites (tertiary alicyclic amines) is 1. The number of halogens is 2. The van der Waals surface area contributed by atoms with Crippen LogP contribution in [0.1, 0.15) is 19.8 Å². The summed E-state index contributed by atoms with van der Waals surface area (Å²) in [5, 5.41) is 0.368. The zero-order valence-electron chi connectivity index (χ0n) is 22.4. The van der Waals surface area contributed by atoms with Crippen molar-refractivity contribution in [2.45, 2.75) is 31.8 Å². The van der Waals surface area contributed by atoms with Gasteiger partial charge in [-0.2, -0.15) is 9.97 Å². The molecule has 9 nitrogen and oxygen atoms in total. The molecule has 2 aliphatic rings. The van der Waals surface area contributed by atoms with Gasteiger partial charge >= 0.3 is 6.01 Å². The van der Waals surface area contributed by atoms with Crippen LogP contribution in [0.15, 0.2) is 36.9 Å². The van der Waals surface area contributed by atoms with Gasteiger partial charge in [0.15, 0.2) is 11.5 Å². The molecule has 3 aromatic rings. The third-order valence-corrected chi connectivity index (χ3v) is 7.49. The van der Waals surface area contributed by atoms with E-state index in [2.05, 4.69) is 28.5 Å². The molecular weight excluding hydrogens is 506 g/mol. The molecule has 11 heteroatoms. The first-order valence-electron chi connectivity index (χ1n) is 13.0. The van der Waals surface area contributed by atoms with E-state index in [9.17, 15) is 9.18 Å². The number of nitrogens with zero attached hydrogens (tertiary/aromatic N) is 6. The lowest BCUT2D eigenvalue weighted by atomic mass is 10.1. The second kappa shape index (κ2) is 11.1. The summed E-state index contributed by atoms with van der Waals surface area (Å²) < 4.78 is 41.8. The Hall–Kier alpha value is -3.86. The summed E-state index contributed by atoms with van der Waals surface area (Å²) in [6.45, 7) is 8.29. The first kappa shape index (κ1) is 26.7. The van der Waals surface area contributed by atoms with Gasteiger partial charge in [-0.3, -0.25) is 4.79 Å². The van der Waals surface area contributed by atoms with Crippen molar-refractivity contribution in [3.63, 3.8) is 0 Å². The molecule has 206 valence electrons. The topological polar surface area (TPSA) is 83.9 Å². The lowest BCUT2D eigenvalue weighted by Gasteiger charge is -2.40. The van der Waals surface area contributed by atoms with Crippen LogP contribution < -0.4 is 14.4 Å². The van der Waals surface area contributed by atoms with Crippen LogP contribution in [-0.2, 0) is 4.79 Å². The predicted octanol–water partition coefficient (Wildman–Crippen LogP) is 3.67. The molecule has 1 unspecified atom stereocenters. The number of pyridine rings is 1. The first-order valence-corrected chi connectivity index (χ1v) is 13.0. The smallest absolute Gasteiger partial charge is 0.320 e. The second-order valence-electron chi connectivity index (χ2n) is 9.96. The van der Waals surface area contributed by atoms with Crippen molar-refractivity contribution < 1.29 is 23.0 Å². The Morgan fingerprint density at radius 2 is 2.00 bits per heavy atom. The average Bonchev–Trinajstić information content (AvgIpc) is 3.35. The number of aromatic nitrogens is 3. The minimum atomic E-state index is -0.731. The molecule has 2 aromatic heterocycles. The molecule has 0 bridgehead atoms. The highest BCUT2D eigenvalue weighted by Gasteiger charge is 2.30. The zero-order valence-corrected chi connectivity index (χ0v) is 22.4. The standard InChI is InChI=1S/C28H32F2N6O3/c1-5-23(37)35-12-13-36(17(2)15-35)27-19-14-21(30)25(24-20(29)9-6-10-22(24)38-4)31-26(19)32-28(33-27)39-16-18-8-7-11-34(18)3/h5-6,9-10,14,17-18H,1,7-8,11-13,15-16H2,2-4H3/t17-,18?/m1/s1. The molecule has 2 aliphatic heterocycles. The quantitative estimate of drug-likeness (QED) is 0.422. The van der Waals surface area contributed by atoms with Gasteiger partial charge < -0.3 is 24.2 Å². The summed E-state index contributed by atoms with van der Waals surface area (Å²) in [7, 11) is 3.44. The fraction of sp³-hybridized carbons (Fsp3) is 0.429. The number of hydrogen-bond donors (Lipinski definition) is 0. The third-order valence-electron chi connectivity index (χ3n) is 7.49. The van der Waals surface area contributed by atoms with Crippen LogP contribution >= 0.6 is 0 Å². The SMILES string of the molecule is C=CC(=O)N1CCN(c2nc(OCC3CCCN3C)nc3nc(-c4c(F)cccc4OC)c(F)cc23)[C@H](C)C1. The molecule has 0 aliphatic carbocycles. The molecule has 2 atom stereocenters. The molecule has 4 heterocycles. The molecule has 1 amide bonds. The highest BCUT2D eigenvalue weighted by atomic mass is 19.1. The van der Waals surface area contributed by atoms with E-state index in [4.69, 9.17) is 14.5 Å². The van der Waals surface area contributed by atoms with Gasteiger partial charge in [-0.05, 0) is 57.6 Å². The van der Waals surface area contributed by atoms with Gasteiger partial charge in [0.2, 0.25) is 5.91 Å². The van der Waals surface area contributed by atoms with Crippen LogP contribution in [-0.4, -0.2) is 89.7 Å². The van der Waals surface area contributed by atoms with E-state index in [1.165, 1.54) is 31.4 Å². The summed E-state index contributed by atoms with van der Waals surface area (Å²) >= 11 is 0. The van der Waals surface area contributed by atoms with Crippen LogP contribution in [0.4, 0.5) is 14.6 Å². The van der Waals surface area contributed by atoms with Gasteiger partial charge in [0, 0.05) is 31.7 Å². The Labute approximate surface area is 226 Å². The van der Waals surface area contributed by atoms with Crippen LogP contribution in [0.25, 0.3) is 22.3 Å². The van der Waals surface area contributed by atoms with E-state index in [-0.39, 0.29) is 46.7 Å². The Morgan fingerprint density at radius 1 is 1.18 bits per heavy atom. The lowest BCUT2D eigenvalue weighted by Crippen LogP contribution is -2.53. The molecule has 0 saturated carbocycles. The molecule has 2 fully saturated rings. The maximum Gasteiger partial charge on any atom is 0.320 e. The van der Waals surface area contributed by atoms with Crippen molar-refractivity contribution in [1.82, 2.24) is 24.8 Å². The second-order valence-corrected chi connectivity index (χ2v) is 9.96. The van der Waals surface area contributed by atoms with E-state index < -0.39 is 11.6 Å². The number of fused-ring (bicyclic) bond motifs is 1. The number of hydrogen-bond acceptors (Lipinski definition) is 8. The number of amides is 1. The molecule has 5 rings (SSSR count). The number of anilines is 1.